The van der Waals surface area contributed by atoms with E-state index < -0.39 is 6.17 Å². The molecule has 3 atom stereocenters. The highest BCUT2D eigenvalue weighted by Crippen LogP contribution is 2.29. The highest BCUT2D eigenvalue weighted by atomic mass is 32.1. The van der Waals surface area contributed by atoms with E-state index in [4.69, 9.17) is 4.74 Å². The third-order valence-electron chi connectivity index (χ3n) is 4.16. The van der Waals surface area contributed by atoms with E-state index in [0.29, 0.717) is 17.6 Å². The van der Waals surface area contributed by atoms with Gasteiger partial charge in [-0.05, 0) is 18.1 Å². The number of alkyl halides is 1. The zero-order valence-electron chi connectivity index (χ0n) is 12.3. The van der Waals surface area contributed by atoms with Crippen molar-refractivity contribution in [2.75, 3.05) is 7.11 Å². The summed E-state index contributed by atoms with van der Waals surface area (Å²) in [5.74, 6) is -0.177. The average Bonchev–Trinajstić information content (AvgIpc) is 2.94. The fourth-order valence-corrected chi connectivity index (χ4v) is 3.81. The van der Waals surface area contributed by atoms with Gasteiger partial charge in [0.05, 0.1) is 17.7 Å². The Hall–Kier alpha value is -1.72. The number of carbonyl (C=O) groups is 1. The number of hydrogen-bond acceptors (Lipinski definition) is 3. The first-order chi connectivity index (χ1) is 10.6. The lowest BCUT2D eigenvalue weighted by Gasteiger charge is -2.34. The molecule has 0 bridgehead atoms. The van der Waals surface area contributed by atoms with Gasteiger partial charge in [0.1, 0.15) is 6.17 Å². The van der Waals surface area contributed by atoms with Gasteiger partial charge < -0.3 is 10.1 Å². The fourth-order valence-electron chi connectivity index (χ4n) is 2.87. The van der Waals surface area contributed by atoms with Crippen LogP contribution in [-0.4, -0.2) is 31.3 Å². The zero-order chi connectivity index (χ0) is 15.7. The number of carbonyl (C=O) groups excluding carboxylic acids is 1. The topological polar surface area (TPSA) is 38.3 Å². The second-order valence-corrected chi connectivity index (χ2v) is 6.48. The number of benzene rings is 1. The average molecular weight is 319 g/mol. The van der Waals surface area contributed by atoms with Crippen molar-refractivity contribution in [3.63, 3.8) is 0 Å². The quantitative estimate of drug-likeness (QED) is 0.876. The summed E-state index contributed by atoms with van der Waals surface area (Å²) < 4.78 is 20.3. The molecule has 1 saturated carbocycles. The number of nitrogens with one attached hydrogen (secondary N) is 1. The van der Waals surface area contributed by atoms with Gasteiger partial charge in [-0.15, -0.1) is 11.3 Å². The first-order valence-corrected chi connectivity index (χ1v) is 8.09. The van der Waals surface area contributed by atoms with E-state index in [2.05, 4.69) is 11.9 Å². The normalized spacial score (nSPS) is 25.4. The van der Waals surface area contributed by atoms with E-state index in [0.717, 1.165) is 10.1 Å². The van der Waals surface area contributed by atoms with E-state index in [9.17, 15) is 9.18 Å². The Morgan fingerprint density at radius 1 is 1.45 bits per heavy atom. The molecule has 0 radical (unpaired) electrons. The van der Waals surface area contributed by atoms with Crippen molar-refractivity contribution < 1.29 is 13.9 Å². The molecule has 1 aromatic heterocycles. The Morgan fingerprint density at radius 3 is 3.00 bits per heavy atom. The Bertz CT molecular complexity index is 712. The molecule has 1 aromatic carbocycles. The van der Waals surface area contributed by atoms with Crippen molar-refractivity contribution in [1.82, 2.24) is 5.32 Å². The van der Waals surface area contributed by atoms with E-state index in [1.165, 1.54) is 11.3 Å². The van der Waals surface area contributed by atoms with Crippen LogP contribution in [-0.2, 0) is 4.74 Å². The molecular weight excluding hydrogens is 301 g/mol. The lowest BCUT2D eigenvalue weighted by Crippen LogP contribution is -2.48. The molecule has 3 unspecified atom stereocenters. The predicted octanol–water partition coefficient (Wildman–Crippen LogP) is 3.70. The molecule has 1 fully saturated rings. The summed E-state index contributed by atoms with van der Waals surface area (Å²) >= 11 is 1.53. The minimum atomic E-state index is -1.09. The van der Waals surface area contributed by atoms with Crippen molar-refractivity contribution in [3.05, 3.63) is 47.4 Å². The van der Waals surface area contributed by atoms with Gasteiger partial charge in [0.15, 0.2) is 0 Å². The van der Waals surface area contributed by atoms with Crippen LogP contribution >= 0.6 is 11.3 Å². The highest BCUT2D eigenvalue weighted by molar-refractivity contribution is 7.17. The Labute approximate surface area is 132 Å². The van der Waals surface area contributed by atoms with Gasteiger partial charge in [-0.2, -0.15) is 0 Å². The molecular formula is C17H18FNO2S. The molecule has 1 aliphatic rings. The maximum atomic E-state index is 13.9. The molecule has 5 heteroatoms. The molecule has 1 heterocycles. The smallest absolute Gasteiger partial charge is 0.253 e. The van der Waals surface area contributed by atoms with Gasteiger partial charge >= 0.3 is 0 Å². The second-order valence-electron chi connectivity index (χ2n) is 5.57. The van der Waals surface area contributed by atoms with Crippen molar-refractivity contribution in [3.8, 4) is 0 Å². The van der Waals surface area contributed by atoms with Gasteiger partial charge in [0.2, 0.25) is 0 Å². The largest absolute Gasteiger partial charge is 0.379 e. The molecule has 22 heavy (non-hydrogen) atoms. The summed E-state index contributed by atoms with van der Waals surface area (Å²) in [5, 5.41) is 5.70. The van der Waals surface area contributed by atoms with Crippen LogP contribution in [0.25, 0.3) is 10.1 Å². The lowest BCUT2D eigenvalue weighted by atomic mass is 9.87. The highest BCUT2D eigenvalue weighted by Gasteiger charge is 2.34. The van der Waals surface area contributed by atoms with Gasteiger partial charge in [0, 0.05) is 29.0 Å². The Balaban J connectivity index is 1.79. The minimum Gasteiger partial charge on any atom is -0.379 e. The number of thiophene rings is 1. The molecule has 116 valence electrons. The molecule has 3 rings (SSSR count). The predicted molar refractivity (Wildman–Crippen MR) is 87.1 cm³/mol. The van der Waals surface area contributed by atoms with Crippen molar-refractivity contribution in [2.24, 2.45) is 0 Å². The summed E-state index contributed by atoms with van der Waals surface area (Å²) in [7, 11) is 1.58. The van der Waals surface area contributed by atoms with Gasteiger partial charge in [-0.3, -0.25) is 4.79 Å². The van der Waals surface area contributed by atoms with Crippen LogP contribution < -0.4 is 5.32 Å². The molecule has 2 aromatic rings. The summed E-state index contributed by atoms with van der Waals surface area (Å²) in [4.78, 5) is 12.5. The van der Waals surface area contributed by atoms with Crippen LogP contribution in [0.2, 0.25) is 0 Å². The van der Waals surface area contributed by atoms with Crippen LogP contribution in [0.15, 0.2) is 41.8 Å². The summed E-state index contributed by atoms with van der Waals surface area (Å²) in [6, 6.07) is 7.43. The third kappa shape index (κ3) is 2.78. The van der Waals surface area contributed by atoms with Gasteiger partial charge in [0.25, 0.3) is 5.91 Å². The van der Waals surface area contributed by atoms with Crippen LogP contribution in [0, 0.1) is 0 Å². The summed E-state index contributed by atoms with van der Waals surface area (Å²) in [6.07, 6.45) is -0.665. The van der Waals surface area contributed by atoms with Crippen molar-refractivity contribution >= 4 is 27.3 Å². The number of hydrogen-bond donors (Lipinski definition) is 1. The van der Waals surface area contributed by atoms with Gasteiger partial charge in [-0.1, -0.05) is 24.8 Å². The number of amides is 1. The molecule has 1 amide bonds. The second kappa shape index (κ2) is 6.18. The number of halogens is 1. The van der Waals surface area contributed by atoms with E-state index in [1.54, 1.807) is 7.11 Å². The summed E-state index contributed by atoms with van der Waals surface area (Å²) in [5.41, 5.74) is 1.17. The van der Waals surface area contributed by atoms with E-state index in [-0.39, 0.29) is 24.5 Å². The van der Waals surface area contributed by atoms with E-state index >= 15 is 0 Å². The van der Waals surface area contributed by atoms with Crippen molar-refractivity contribution in [2.45, 2.75) is 31.2 Å². The number of rotatable bonds is 3. The first-order valence-electron chi connectivity index (χ1n) is 7.21. The monoisotopic (exact) mass is 319 g/mol. The summed E-state index contributed by atoms with van der Waals surface area (Å²) in [6.45, 7) is 3.73. The Kier molecular flexibility index (Phi) is 4.27. The molecule has 0 spiro atoms. The standard InChI is InChI=1S/C17H18FNO2S/c1-10-7-15(21-2)14(8-13(10)18)19-17(20)12-9-22-16-6-4-3-5-11(12)16/h3-6,9,13-15H,1,7-8H2,2H3,(H,19,20). The third-order valence-corrected chi connectivity index (χ3v) is 5.12. The fraction of sp³-hybridized carbons (Fsp3) is 0.353. The molecule has 1 aliphatic carbocycles. The zero-order valence-corrected chi connectivity index (χ0v) is 13.2. The lowest BCUT2D eigenvalue weighted by molar-refractivity contribution is 0.0385. The molecule has 3 nitrogen and oxygen atoms in total. The molecule has 0 saturated heterocycles. The van der Waals surface area contributed by atoms with Crippen LogP contribution in [0.5, 0.6) is 0 Å². The van der Waals surface area contributed by atoms with E-state index in [1.807, 2.05) is 29.6 Å². The van der Waals surface area contributed by atoms with Crippen LogP contribution in [0.3, 0.4) is 0 Å². The van der Waals surface area contributed by atoms with Crippen molar-refractivity contribution in [1.29, 1.82) is 0 Å². The SMILES string of the molecule is C=C1CC(OC)C(NC(=O)c2csc3ccccc23)CC1F. The number of methoxy groups -OCH3 is 1. The molecule has 1 N–H and O–H groups in total. The Morgan fingerprint density at radius 2 is 2.23 bits per heavy atom. The minimum absolute atomic E-state index is 0.177. The maximum absolute atomic E-state index is 13.9. The van der Waals surface area contributed by atoms with Crippen LogP contribution in [0.4, 0.5) is 4.39 Å². The first kappa shape index (κ1) is 15.2. The molecule has 0 aliphatic heterocycles. The number of fused-ring (bicyclic) bond motifs is 1. The maximum Gasteiger partial charge on any atom is 0.253 e. The van der Waals surface area contributed by atoms with Crippen LogP contribution in [0.1, 0.15) is 23.2 Å². The number of ether oxygens (including phenoxy) is 1. The van der Waals surface area contributed by atoms with Gasteiger partial charge in [-0.25, -0.2) is 4.39 Å².